The Labute approximate surface area is 140 Å². The summed E-state index contributed by atoms with van der Waals surface area (Å²) in [4.78, 5) is 12.2. The zero-order valence-corrected chi connectivity index (χ0v) is 15.1. The van der Waals surface area contributed by atoms with E-state index in [0.717, 1.165) is 36.5 Å². The van der Waals surface area contributed by atoms with Crippen molar-refractivity contribution in [2.24, 2.45) is 5.92 Å². The van der Waals surface area contributed by atoms with Gasteiger partial charge in [-0.05, 0) is 51.9 Å². The Morgan fingerprint density at radius 2 is 2.13 bits per heavy atom. The average Bonchev–Trinajstić information content (AvgIpc) is 2.75. The number of aromatic nitrogens is 2. The maximum atomic E-state index is 12.2. The van der Waals surface area contributed by atoms with E-state index in [-0.39, 0.29) is 5.91 Å². The second kappa shape index (κ2) is 8.32. The van der Waals surface area contributed by atoms with Gasteiger partial charge in [0.25, 0.3) is 0 Å². The van der Waals surface area contributed by atoms with Crippen LogP contribution in [0.15, 0.2) is 11.6 Å². The molecule has 1 amide bonds. The van der Waals surface area contributed by atoms with Crippen LogP contribution in [0.5, 0.6) is 0 Å². The smallest absolute Gasteiger partial charge is 0.224 e. The molecule has 0 fully saturated rings. The van der Waals surface area contributed by atoms with Gasteiger partial charge in [-0.2, -0.15) is 5.10 Å². The number of nitrogens with zero attached hydrogens (tertiary/aromatic N) is 2. The first kappa shape index (κ1) is 17.8. The quantitative estimate of drug-likeness (QED) is 0.779. The molecule has 4 nitrogen and oxygen atoms in total. The lowest BCUT2D eigenvalue weighted by molar-refractivity contribution is -0.120. The van der Waals surface area contributed by atoms with E-state index in [1.165, 1.54) is 31.3 Å². The molecular formula is C19H31N3O. The molecule has 0 saturated heterocycles. The van der Waals surface area contributed by atoms with Crippen molar-refractivity contribution in [3.8, 4) is 0 Å². The summed E-state index contributed by atoms with van der Waals surface area (Å²) in [5, 5.41) is 7.65. The molecular weight excluding hydrogens is 286 g/mol. The Kier molecular flexibility index (Phi) is 6.43. The molecule has 0 radical (unpaired) electrons. The zero-order chi connectivity index (χ0) is 16.8. The first-order valence-electron chi connectivity index (χ1n) is 8.95. The Morgan fingerprint density at radius 1 is 1.35 bits per heavy atom. The van der Waals surface area contributed by atoms with Crippen LogP contribution in [0.2, 0.25) is 0 Å². The molecule has 0 spiro atoms. The van der Waals surface area contributed by atoms with Crippen LogP contribution in [0.1, 0.15) is 62.9 Å². The zero-order valence-electron chi connectivity index (χ0n) is 15.1. The first-order valence-corrected chi connectivity index (χ1v) is 8.95. The van der Waals surface area contributed by atoms with E-state index < -0.39 is 0 Å². The van der Waals surface area contributed by atoms with Gasteiger partial charge in [0.1, 0.15) is 0 Å². The molecule has 0 aromatic carbocycles. The molecule has 23 heavy (non-hydrogen) atoms. The molecule has 2 rings (SSSR count). The maximum absolute atomic E-state index is 12.2. The van der Waals surface area contributed by atoms with Crippen LogP contribution in [0.3, 0.4) is 0 Å². The minimum atomic E-state index is 0.108. The maximum Gasteiger partial charge on any atom is 0.224 e. The van der Waals surface area contributed by atoms with Crippen molar-refractivity contribution in [2.45, 2.75) is 72.8 Å². The molecule has 1 aromatic rings. The van der Waals surface area contributed by atoms with Crippen molar-refractivity contribution >= 4 is 5.91 Å². The van der Waals surface area contributed by atoms with E-state index >= 15 is 0 Å². The van der Waals surface area contributed by atoms with E-state index in [2.05, 4.69) is 37.3 Å². The molecule has 0 unspecified atom stereocenters. The van der Waals surface area contributed by atoms with Gasteiger partial charge in [0.2, 0.25) is 5.91 Å². The second-order valence-electron chi connectivity index (χ2n) is 7.11. The van der Waals surface area contributed by atoms with Crippen molar-refractivity contribution in [2.75, 3.05) is 6.54 Å². The number of aryl methyl sites for hydroxylation is 1. The van der Waals surface area contributed by atoms with E-state index in [9.17, 15) is 4.79 Å². The molecule has 128 valence electrons. The standard InChI is InChI=1S/C19H31N3O/c1-14(2)13-22-16(4)18(15(3)21-22)12-19(23)20-11-10-17-8-6-5-7-9-17/h8,14H,5-7,9-13H2,1-4H3,(H,20,23). The van der Waals surface area contributed by atoms with Crippen LogP contribution in [0.25, 0.3) is 0 Å². The number of amides is 1. The minimum absolute atomic E-state index is 0.108. The summed E-state index contributed by atoms with van der Waals surface area (Å²) in [5.41, 5.74) is 4.70. The Hall–Kier alpha value is -1.58. The van der Waals surface area contributed by atoms with Gasteiger partial charge in [-0.15, -0.1) is 0 Å². The van der Waals surface area contributed by atoms with Crippen LogP contribution in [0.4, 0.5) is 0 Å². The van der Waals surface area contributed by atoms with Crippen LogP contribution in [-0.4, -0.2) is 22.2 Å². The van der Waals surface area contributed by atoms with E-state index in [0.29, 0.717) is 12.3 Å². The third-order valence-electron chi connectivity index (χ3n) is 4.56. The van der Waals surface area contributed by atoms with Crippen molar-refractivity contribution < 1.29 is 4.79 Å². The van der Waals surface area contributed by atoms with Gasteiger partial charge in [0.05, 0.1) is 12.1 Å². The molecule has 0 aliphatic heterocycles. The fraction of sp³-hybridized carbons (Fsp3) is 0.684. The number of carbonyl (C=O) groups is 1. The predicted octanol–water partition coefficient (Wildman–Crippen LogP) is 3.71. The number of rotatable bonds is 7. The number of allylic oxidation sites excluding steroid dienone is 1. The highest BCUT2D eigenvalue weighted by atomic mass is 16.1. The largest absolute Gasteiger partial charge is 0.355 e. The molecule has 1 aliphatic carbocycles. The average molecular weight is 317 g/mol. The molecule has 1 aromatic heterocycles. The van der Waals surface area contributed by atoms with Crippen molar-refractivity contribution in [1.29, 1.82) is 0 Å². The number of hydrogen-bond acceptors (Lipinski definition) is 2. The van der Waals surface area contributed by atoms with Gasteiger partial charge in [-0.3, -0.25) is 9.48 Å². The highest BCUT2D eigenvalue weighted by molar-refractivity contribution is 5.79. The monoisotopic (exact) mass is 317 g/mol. The van der Waals surface area contributed by atoms with E-state index in [1.807, 2.05) is 11.6 Å². The summed E-state index contributed by atoms with van der Waals surface area (Å²) in [5.74, 6) is 0.662. The van der Waals surface area contributed by atoms with Crippen LogP contribution in [0, 0.1) is 19.8 Å². The number of carbonyl (C=O) groups excluding carboxylic acids is 1. The minimum Gasteiger partial charge on any atom is -0.355 e. The van der Waals surface area contributed by atoms with Gasteiger partial charge in [-0.1, -0.05) is 25.5 Å². The topological polar surface area (TPSA) is 46.9 Å². The first-order chi connectivity index (χ1) is 11.0. The third-order valence-corrected chi connectivity index (χ3v) is 4.56. The third kappa shape index (κ3) is 5.22. The summed E-state index contributed by atoms with van der Waals surface area (Å²) in [6, 6.07) is 0. The lowest BCUT2D eigenvalue weighted by atomic mass is 9.97. The molecule has 0 bridgehead atoms. The van der Waals surface area contributed by atoms with Crippen molar-refractivity contribution in [3.63, 3.8) is 0 Å². The van der Waals surface area contributed by atoms with Crippen molar-refractivity contribution in [1.82, 2.24) is 15.1 Å². The SMILES string of the molecule is Cc1nn(CC(C)C)c(C)c1CC(=O)NCCC1=CCCCC1. The van der Waals surface area contributed by atoms with Crippen LogP contribution < -0.4 is 5.32 Å². The Morgan fingerprint density at radius 3 is 2.78 bits per heavy atom. The van der Waals surface area contributed by atoms with Crippen molar-refractivity contribution in [3.05, 3.63) is 28.6 Å². The fourth-order valence-electron chi connectivity index (χ4n) is 3.23. The highest BCUT2D eigenvalue weighted by Gasteiger charge is 2.15. The van der Waals surface area contributed by atoms with E-state index in [1.54, 1.807) is 0 Å². The Balaban J connectivity index is 1.85. The summed E-state index contributed by atoms with van der Waals surface area (Å²) >= 11 is 0. The fourth-order valence-corrected chi connectivity index (χ4v) is 3.23. The molecule has 1 aliphatic rings. The van der Waals surface area contributed by atoms with Gasteiger partial charge in [0, 0.05) is 24.3 Å². The summed E-state index contributed by atoms with van der Waals surface area (Å²) in [6.45, 7) is 10.1. The number of nitrogens with one attached hydrogen (secondary N) is 1. The van der Waals surface area contributed by atoms with Gasteiger partial charge >= 0.3 is 0 Å². The lowest BCUT2D eigenvalue weighted by Crippen LogP contribution is -2.27. The molecule has 4 heteroatoms. The number of hydrogen-bond donors (Lipinski definition) is 1. The summed E-state index contributed by atoms with van der Waals surface area (Å²) in [7, 11) is 0. The highest BCUT2D eigenvalue weighted by Crippen LogP contribution is 2.19. The normalized spacial score (nSPS) is 14.9. The lowest BCUT2D eigenvalue weighted by Gasteiger charge is -2.13. The van der Waals surface area contributed by atoms with Gasteiger partial charge < -0.3 is 5.32 Å². The molecule has 0 atom stereocenters. The van der Waals surface area contributed by atoms with Crippen LogP contribution >= 0.6 is 0 Å². The second-order valence-corrected chi connectivity index (χ2v) is 7.11. The van der Waals surface area contributed by atoms with Crippen LogP contribution in [-0.2, 0) is 17.8 Å². The summed E-state index contributed by atoms with van der Waals surface area (Å²) in [6.07, 6.45) is 8.81. The molecule has 0 saturated carbocycles. The van der Waals surface area contributed by atoms with E-state index in [4.69, 9.17) is 0 Å². The van der Waals surface area contributed by atoms with Gasteiger partial charge in [-0.25, -0.2) is 0 Å². The molecule has 1 N–H and O–H groups in total. The van der Waals surface area contributed by atoms with Gasteiger partial charge in [0.15, 0.2) is 0 Å². The summed E-state index contributed by atoms with van der Waals surface area (Å²) < 4.78 is 2.04. The predicted molar refractivity (Wildman–Crippen MR) is 94.4 cm³/mol. The molecule has 1 heterocycles. The Bertz CT molecular complexity index is 569.